The minimum absolute atomic E-state index is 0.200. The van der Waals surface area contributed by atoms with Crippen molar-refractivity contribution in [3.8, 4) is 0 Å². The van der Waals surface area contributed by atoms with Crippen LogP contribution in [0, 0.1) is 0 Å². The largest absolute Gasteiger partial charge is 0.341 e. The van der Waals surface area contributed by atoms with Crippen LogP contribution in [0.4, 0.5) is 0 Å². The molecule has 1 amide bonds. The predicted molar refractivity (Wildman–Crippen MR) is 105 cm³/mol. The van der Waals surface area contributed by atoms with Crippen molar-refractivity contribution in [2.75, 3.05) is 31.9 Å². The maximum Gasteiger partial charge on any atom is 0.232 e. The van der Waals surface area contributed by atoms with Crippen molar-refractivity contribution >= 4 is 29.3 Å². The molecule has 5 heteroatoms. The molecule has 2 aromatic carbocycles. The highest BCUT2D eigenvalue weighted by Crippen LogP contribution is 2.26. The average Bonchev–Trinajstić information content (AvgIpc) is 2.87. The van der Waals surface area contributed by atoms with Crippen molar-refractivity contribution in [2.24, 2.45) is 0 Å². The van der Waals surface area contributed by atoms with Crippen LogP contribution in [0.1, 0.15) is 12.0 Å². The van der Waals surface area contributed by atoms with Crippen molar-refractivity contribution in [3.05, 3.63) is 65.2 Å². The van der Waals surface area contributed by atoms with Crippen LogP contribution in [0.2, 0.25) is 5.02 Å². The van der Waals surface area contributed by atoms with E-state index in [4.69, 9.17) is 11.6 Å². The zero-order valence-corrected chi connectivity index (χ0v) is 15.8. The van der Waals surface area contributed by atoms with Crippen molar-refractivity contribution in [2.45, 2.75) is 17.9 Å². The highest BCUT2D eigenvalue weighted by atomic mass is 35.5. The smallest absolute Gasteiger partial charge is 0.232 e. The van der Waals surface area contributed by atoms with Crippen molar-refractivity contribution in [1.82, 2.24) is 9.80 Å². The lowest BCUT2D eigenvalue weighted by atomic mass is 10.2. The molecule has 3 nitrogen and oxygen atoms in total. The zero-order valence-electron chi connectivity index (χ0n) is 14.2. The summed E-state index contributed by atoms with van der Waals surface area (Å²) < 4.78 is 0. The third-order valence-corrected chi connectivity index (χ3v) is 5.88. The first kappa shape index (κ1) is 18.3. The Hall–Kier alpha value is -1.49. The summed E-state index contributed by atoms with van der Waals surface area (Å²) in [6.45, 7) is 4.56. The van der Waals surface area contributed by atoms with Gasteiger partial charge in [-0.3, -0.25) is 9.69 Å². The first-order valence-electron chi connectivity index (χ1n) is 8.64. The van der Waals surface area contributed by atoms with Crippen LogP contribution >= 0.6 is 23.4 Å². The molecule has 0 unspecified atom stereocenters. The van der Waals surface area contributed by atoms with Gasteiger partial charge in [0.15, 0.2) is 0 Å². The fraction of sp³-hybridized carbons (Fsp3) is 0.350. The van der Waals surface area contributed by atoms with Crippen molar-refractivity contribution in [1.29, 1.82) is 0 Å². The Balaban J connectivity index is 1.49. The van der Waals surface area contributed by atoms with E-state index >= 15 is 0 Å². The van der Waals surface area contributed by atoms with Gasteiger partial charge < -0.3 is 4.90 Å². The summed E-state index contributed by atoms with van der Waals surface area (Å²) in [4.78, 5) is 17.9. The van der Waals surface area contributed by atoms with E-state index in [1.807, 2.05) is 35.2 Å². The lowest BCUT2D eigenvalue weighted by molar-refractivity contribution is -0.128. The van der Waals surface area contributed by atoms with Gasteiger partial charge in [0.05, 0.1) is 10.8 Å². The second-order valence-corrected chi connectivity index (χ2v) is 7.64. The fourth-order valence-corrected chi connectivity index (χ4v) is 4.15. The maximum atomic E-state index is 12.5. The Morgan fingerprint density at radius 1 is 0.960 bits per heavy atom. The highest BCUT2D eigenvalue weighted by Gasteiger charge is 2.19. The van der Waals surface area contributed by atoms with Crippen LogP contribution in [0.15, 0.2) is 59.5 Å². The summed E-state index contributed by atoms with van der Waals surface area (Å²) in [5, 5.41) is 0.713. The first-order chi connectivity index (χ1) is 12.2. The van der Waals surface area contributed by atoms with Gasteiger partial charge in [0.1, 0.15) is 0 Å². The number of hydrogen-bond acceptors (Lipinski definition) is 3. The van der Waals surface area contributed by atoms with Gasteiger partial charge in [0.2, 0.25) is 5.91 Å². The fourth-order valence-electron chi connectivity index (χ4n) is 3.01. The number of amides is 1. The molecule has 0 saturated carbocycles. The molecule has 1 heterocycles. The standard InChI is InChI=1S/C20H23ClN2OS/c21-18-9-4-5-10-19(18)25-16-20(24)23-12-6-11-22(13-14-23)15-17-7-2-1-3-8-17/h1-5,7-10H,6,11-16H2. The van der Waals surface area contributed by atoms with E-state index in [0.717, 1.165) is 44.0 Å². The molecule has 0 atom stereocenters. The van der Waals surface area contributed by atoms with Gasteiger partial charge in [-0.05, 0) is 24.1 Å². The lowest BCUT2D eigenvalue weighted by Gasteiger charge is -2.22. The second kappa shape index (κ2) is 9.27. The monoisotopic (exact) mass is 374 g/mol. The van der Waals surface area contributed by atoms with Crippen molar-refractivity contribution in [3.63, 3.8) is 0 Å². The van der Waals surface area contributed by atoms with E-state index in [0.29, 0.717) is 10.8 Å². The molecule has 1 saturated heterocycles. The third-order valence-electron chi connectivity index (χ3n) is 4.38. The van der Waals surface area contributed by atoms with Gasteiger partial charge in [0, 0.05) is 37.6 Å². The van der Waals surface area contributed by atoms with E-state index in [1.165, 1.54) is 17.3 Å². The molecule has 1 fully saturated rings. The molecule has 1 aliphatic heterocycles. The van der Waals surface area contributed by atoms with E-state index in [-0.39, 0.29) is 5.91 Å². The van der Waals surface area contributed by atoms with Gasteiger partial charge in [-0.15, -0.1) is 11.8 Å². The maximum absolute atomic E-state index is 12.5. The van der Waals surface area contributed by atoms with Gasteiger partial charge in [-0.1, -0.05) is 54.1 Å². The van der Waals surface area contributed by atoms with Crippen molar-refractivity contribution < 1.29 is 4.79 Å². The number of thioether (sulfide) groups is 1. The highest BCUT2D eigenvalue weighted by molar-refractivity contribution is 8.00. The Labute approximate surface area is 159 Å². The summed E-state index contributed by atoms with van der Waals surface area (Å²) in [5.41, 5.74) is 1.33. The number of benzene rings is 2. The summed E-state index contributed by atoms with van der Waals surface area (Å²) in [7, 11) is 0. The van der Waals surface area contributed by atoms with Gasteiger partial charge in [-0.2, -0.15) is 0 Å². The van der Waals surface area contributed by atoms with Gasteiger partial charge in [-0.25, -0.2) is 0 Å². The Kier molecular flexibility index (Phi) is 6.79. The second-order valence-electron chi connectivity index (χ2n) is 6.22. The van der Waals surface area contributed by atoms with Crippen LogP contribution in [0.5, 0.6) is 0 Å². The Morgan fingerprint density at radius 3 is 2.52 bits per heavy atom. The number of carbonyl (C=O) groups is 1. The lowest BCUT2D eigenvalue weighted by Crippen LogP contribution is -2.36. The summed E-state index contributed by atoms with van der Waals surface area (Å²) in [5.74, 6) is 0.647. The number of halogens is 1. The molecule has 0 aromatic heterocycles. The quantitative estimate of drug-likeness (QED) is 0.734. The predicted octanol–water partition coefficient (Wildman–Crippen LogP) is 4.17. The molecule has 0 spiro atoms. The van der Waals surface area contributed by atoms with Crippen LogP contribution < -0.4 is 0 Å². The molecule has 0 N–H and O–H groups in total. The van der Waals surface area contributed by atoms with Crippen LogP contribution in [-0.4, -0.2) is 47.6 Å². The van der Waals surface area contributed by atoms with Crippen LogP contribution in [-0.2, 0) is 11.3 Å². The van der Waals surface area contributed by atoms with Gasteiger partial charge >= 0.3 is 0 Å². The molecule has 0 bridgehead atoms. The Morgan fingerprint density at radius 2 is 1.72 bits per heavy atom. The normalized spacial score (nSPS) is 15.8. The first-order valence-corrected chi connectivity index (χ1v) is 10.00. The number of carbonyl (C=O) groups excluding carboxylic acids is 1. The minimum atomic E-state index is 0.200. The molecular formula is C20H23ClN2OS. The molecule has 3 rings (SSSR count). The molecule has 2 aromatic rings. The van der Waals surface area contributed by atoms with E-state index in [1.54, 1.807) is 0 Å². The number of nitrogens with zero attached hydrogens (tertiary/aromatic N) is 2. The topological polar surface area (TPSA) is 23.6 Å². The zero-order chi connectivity index (χ0) is 17.5. The SMILES string of the molecule is O=C(CSc1ccccc1Cl)N1CCCN(Cc2ccccc2)CC1. The number of rotatable bonds is 5. The molecular weight excluding hydrogens is 352 g/mol. The molecule has 0 radical (unpaired) electrons. The number of hydrogen-bond donors (Lipinski definition) is 0. The van der Waals surface area contributed by atoms with Gasteiger partial charge in [0.25, 0.3) is 0 Å². The van der Waals surface area contributed by atoms with Crippen LogP contribution in [0.25, 0.3) is 0 Å². The minimum Gasteiger partial charge on any atom is -0.341 e. The molecule has 25 heavy (non-hydrogen) atoms. The summed E-state index contributed by atoms with van der Waals surface area (Å²) in [6.07, 6.45) is 1.02. The molecule has 1 aliphatic rings. The van der Waals surface area contributed by atoms with Crippen LogP contribution in [0.3, 0.4) is 0 Å². The van der Waals surface area contributed by atoms with E-state index < -0.39 is 0 Å². The molecule has 0 aliphatic carbocycles. The third kappa shape index (κ3) is 5.50. The Bertz CT molecular complexity index is 695. The molecule has 132 valence electrons. The van der Waals surface area contributed by atoms with E-state index in [9.17, 15) is 4.79 Å². The average molecular weight is 375 g/mol. The summed E-state index contributed by atoms with van der Waals surface area (Å²) >= 11 is 7.69. The van der Waals surface area contributed by atoms with E-state index in [2.05, 4.69) is 29.2 Å². The summed E-state index contributed by atoms with van der Waals surface area (Å²) in [6, 6.07) is 18.2.